The molecule has 1 fully saturated rings. The highest BCUT2D eigenvalue weighted by Crippen LogP contribution is 2.29. The molecule has 0 radical (unpaired) electrons. The molecule has 1 rings (SSSR count). The molecule has 3 nitrogen and oxygen atoms in total. The second kappa shape index (κ2) is 6.36. The van der Waals surface area contributed by atoms with Crippen LogP contribution >= 0.6 is 15.9 Å². The first-order chi connectivity index (χ1) is 7.41. The number of hydrogen-bond donors (Lipinski definition) is 1. The predicted molar refractivity (Wildman–Crippen MR) is 71.3 cm³/mol. The zero-order valence-electron chi connectivity index (χ0n) is 10.1. The van der Waals surface area contributed by atoms with Crippen molar-refractivity contribution in [3.05, 3.63) is 0 Å². The molecule has 0 aromatic rings. The van der Waals surface area contributed by atoms with Crippen molar-refractivity contribution in [1.29, 1.82) is 0 Å². The van der Waals surface area contributed by atoms with Crippen LogP contribution in [0.15, 0.2) is 0 Å². The van der Waals surface area contributed by atoms with Crippen LogP contribution in [-0.4, -0.2) is 25.5 Å². The SMILES string of the molecule is CC(C)CS(=O)(=O)NCC1CCCCC1Br. The smallest absolute Gasteiger partial charge is 0.211 e. The summed E-state index contributed by atoms with van der Waals surface area (Å²) in [5.74, 6) is 0.867. The van der Waals surface area contributed by atoms with Gasteiger partial charge in [-0.15, -0.1) is 0 Å². The highest BCUT2D eigenvalue weighted by atomic mass is 79.9. The van der Waals surface area contributed by atoms with E-state index in [4.69, 9.17) is 0 Å². The Morgan fingerprint density at radius 1 is 1.31 bits per heavy atom. The van der Waals surface area contributed by atoms with E-state index in [1.54, 1.807) is 0 Å². The average molecular weight is 312 g/mol. The van der Waals surface area contributed by atoms with Crippen LogP contribution in [0.3, 0.4) is 0 Å². The number of alkyl halides is 1. The highest BCUT2D eigenvalue weighted by molar-refractivity contribution is 9.09. The van der Waals surface area contributed by atoms with Crippen LogP contribution in [0.5, 0.6) is 0 Å². The molecule has 0 spiro atoms. The maximum Gasteiger partial charge on any atom is 0.211 e. The van der Waals surface area contributed by atoms with Crippen LogP contribution in [0, 0.1) is 11.8 Å². The number of halogens is 1. The summed E-state index contributed by atoms with van der Waals surface area (Å²) in [6.07, 6.45) is 4.76. The Morgan fingerprint density at radius 3 is 2.50 bits per heavy atom. The van der Waals surface area contributed by atoms with Crippen LogP contribution in [0.2, 0.25) is 0 Å². The molecular formula is C11H22BrNO2S. The summed E-state index contributed by atoms with van der Waals surface area (Å²) < 4.78 is 26.1. The molecule has 5 heteroatoms. The molecule has 1 aliphatic rings. The van der Waals surface area contributed by atoms with Crippen molar-refractivity contribution in [1.82, 2.24) is 4.72 Å². The minimum absolute atomic E-state index is 0.184. The van der Waals surface area contributed by atoms with E-state index >= 15 is 0 Å². The Hall–Kier alpha value is 0.390. The van der Waals surface area contributed by atoms with Crippen molar-refractivity contribution in [2.75, 3.05) is 12.3 Å². The lowest BCUT2D eigenvalue weighted by Gasteiger charge is -2.27. The van der Waals surface area contributed by atoms with E-state index in [1.165, 1.54) is 12.8 Å². The molecule has 16 heavy (non-hydrogen) atoms. The fraction of sp³-hybridized carbons (Fsp3) is 1.00. The zero-order valence-corrected chi connectivity index (χ0v) is 12.5. The third-order valence-electron chi connectivity index (χ3n) is 2.93. The van der Waals surface area contributed by atoms with Crippen molar-refractivity contribution in [3.8, 4) is 0 Å². The van der Waals surface area contributed by atoms with Gasteiger partial charge in [-0.2, -0.15) is 0 Å². The normalized spacial score (nSPS) is 27.2. The van der Waals surface area contributed by atoms with Crippen LogP contribution in [0.1, 0.15) is 39.5 Å². The van der Waals surface area contributed by atoms with Gasteiger partial charge in [0.1, 0.15) is 0 Å². The van der Waals surface area contributed by atoms with E-state index in [0.29, 0.717) is 17.3 Å². The Balaban J connectivity index is 2.38. The molecule has 0 heterocycles. The van der Waals surface area contributed by atoms with E-state index in [1.807, 2.05) is 13.8 Å². The monoisotopic (exact) mass is 311 g/mol. The molecular weight excluding hydrogens is 290 g/mol. The first-order valence-electron chi connectivity index (χ1n) is 6.02. The Kier molecular flexibility index (Phi) is 5.74. The summed E-state index contributed by atoms with van der Waals surface area (Å²) in [6.45, 7) is 4.44. The molecule has 1 N–H and O–H groups in total. The molecule has 2 unspecified atom stereocenters. The number of hydrogen-bond acceptors (Lipinski definition) is 2. The standard InChI is InChI=1S/C11H22BrNO2S/c1-9(2)8-16(14,15)13-7-10-5-3-4-6-11(10)12/h9-11,13H,3-8H2,1-2H3. The van der Waals surface area contributed by atoms with Gasteiger partial charge in [-0.3, -0.25) is 0 Å². The molecule has 0 amide bonds. The third kappa shape index (κ3) is 5.15. The fourth-order valence-electron chi connectivity index (χ4n) is 2.12. The summed E-state index contributed by atoms with van der Waals surface area (Å²) in [5.41, 5.74) is 0. The Morgan fingerprint density at radius 2 is 1.94 bits per heavy atom. The van der Waals surface area contributed by atoms with E-state index < -0.39 is 10.0 Å². The lowest BCUT2D eigenvalue weighted by atomic mass is 9.89. The van der Waals surface area contributed by atoms with Crippen LogP contribution in [-0.2, 0) is 10.0 Å². The predicted octanol–water partition coefficient (Wildman–Crippen LogP) is 2.52. The van der Waals surface area contributed by atoms with Gasteiger partial charge < -0.3 is 0 Å². The van der Waals surface area contributed by atoms with E-state index in [0.717, 1.165) is 12.8 Å². The van der Waals surface area contributed by atoms with Crippen LogP contribution in [0.25, 0.3) is 0 Å². The van der Waals surface area contributed by atoms with Crippen molar-refractivity contribution in [3.63, 3.8) is 0 Å². The quantitative estimate of drug-likeness (QED) is 0.793. The summed E-state index contributed by atoms with van der Waals surface area (Å²) >= 11 is 3.64. The van der Waals surface area contributed by atoms with Gasteiger partial charge in [-0.05, 0) is 24.7 Å². The Labute approximate surface area is 108 Å². The summed E-state index contributed by atoms with van der Waals surface area (Å²) in [5, 5.41) is 0. The van der Waals surface area contributed by atoms with Gasteiger partial charge in [-0.25, -0.2) is 13.1 Å². The molecule has 0 bridgehead atoms. The molecule has 1 saturated carbocycles. The van der Waals surface area contributed by atoms with Crippen molar-refractivity contribution < 1.29 is 8.42 Å². The second-order valence-corrected chi connectivity index (χ2v) is 8.11. The van der Waals surface area contributed by atoms with E-state index in [-0.39, 0.29) is 11.7 Å². The Bertz CT molecular complexity index is 303. The topological polar surface area (TPSA) is 46.2 Å². The van der Waals surface area contributed by atoms with Crippen LogP contribution < -0.4 is 4.72 Å². The fourth-order valence-corrected chi connectivity index (χ4v) is 4.36. The summed E-state index contributed by atoms with van der Waals surface area (Å²) in [4.78, 5) is 0.475. The number of sulfonamides is 1. The summed E-state index contributed by atoms with van der Waals surface area (Å²) in [7, 11) is -3.07. The molecule has 0 aromatic heterocycles. The van der Waals surface area contributed by atoms with Crippen LogP contribution in [0.4, 0.5) is 0 Å². The second-order valence-electron chi connectivity index (χ2n) is 5.08. The van der Waals surface area contributed by atoms with Gasteiger partial charge in [0.25, 0.3) is 0 Å². The molecule has 2 atom stereocenters. The molecule has 0 aliphatic heterocycles. The molecule has 1 aliphatic carbocycles. The lowest BCUT2D eigenvalue weighted by molar-refractivity contribution is 0.373. The third-order valence-corrected chi connectivity index (χ3v) is 5.85. The highest BCUT2D eigenvalue weighted by Gasteiger charge is 2.24. The van der Waals surface area contributed by atoms with Crippen molar-refractivity contribution in [2.45, 2.75) is 44.4 Å². The van der Waals surface area contributed by atoms with Crippen molar-refractivity contribution >= 4 is 26.0 Å². The van der Waals surface area contributed by atoms with Gasteiger partial charge in [0.2, 0.25) is 10.0 Å². The average Bonchev–Trinajstić information content (AvgIpc) is 2.14. The number of rotatable bonds is 5. The zero-order chi connectivity index (χ0) is 12.2. The first-order valence-corrected chi connectivity index (χ1v) is 8.59. The lowest BCUT2D eigenvalue weighted by Crippen LogP contribution is -2.36. The van der Waals surface area contributed by atoms with Gasteiger partial charge in [-0.1, -0.05) is 42.6 Å². The first kappa shape index (κ1) is 14.5. The molecule has 0 saturated heterocycles. The van der Waals surface area contributed by atoms with Gasteiger partial charge in [0.05, 0.1) is 5.75 Å². The minimum atomic E-state index is -3.07. The molecule has 96 valence electrons. The maximum atomic E-state index is 11.7. The largest absolute Gasteiger partial charge is 0.215 e. The summed E-state index contributed by atoms with van der Waals surface area (Å²) in [6, 6.07) is 0. The van der Waals surface area contributed by atoms with Crippen molar-refractivity contribution in [2.24, 2.45) is 11.8 Å². The maximum absolute atomic E-state index is 11.7. The number of nitrogens with one attached hydrogen (secondary N) is 1. The van der Waals surface area contributed by atoms with Gasteiger partial charge >= 0.3 is 0 Å². The van der Waals surface area contributed by atoms with E-state index in [9.17, 15) is 8.42 Å². The van der Waals surface area contributed by atoms with E-state index in [2.05, 4.69) is 20.7 Å². The minimum Gasteiger partial charge on any atom is -0.215 e. The van der Waals surface area contributed by atoms with Gasteiger partial charge in [0, 0.05) is 11.4 Å². The molecule has 0 aromatic carbocycles. The van der Waals surface area contributed by atoms with Gasteiger partial charge in [0.15, 0.2) is 0 Å².